The van der Waals surface area contributed by atoms with E-state index < -0.39 is 11.9 Å². The summed E-state index contributed by atoms with van der Waals surface area (Å²) in [5.74, 6) is -1.61. The first-order valence-electron chi connectivity index (χ1n) is 6.30. The van der Waals surface area contributed by atoms with Crippen molar-refractivity contribution < 1.29 is 19.4 Å². The van der Waals surface area contributed by atoms with Gasteiger partial charge in [0.2, 0.25) is 5.91 Å². The van der Waals surface area contributed by atoms with Crippen LogP contribution in [0.25, 0.3) is 10.9 Å². The molecule has 0 saturated heterocycles. The zero-order chi connectivity index (χ0) is 15.2. The summed E-state index contributed by atoms with van der Waals surface area (Å²) >= 11 is 0. The average molecular weight is 289 g/mol. The molecule has 0 unspecified atom stereocenters. The minimum atomic E-state index is -1.06. The molecule has 0 radical (unpaired) electrons. The van der Waals surface area contributed by atoms with Gasteiger partial charge in [-0.1, -0.05) is 18.2 Å². The summed E-state index contributed by atoms with van der Waals surface area (Å²) in [5.41, 5.74) is 6.22. The topological polar surface area (TPSA) is 115 Å². The van der Waals surface area contributed by atoms with Crippen molar-refractivity contribution in [2.75, 3.05) is 25.1 Å². The third-order valence-electron chi connectivity index (χ3n) is 2.80. The molecule has 1 aromatic heterocycles. The van der Waals surface area contributed by atoms with Crippen LogP contribution in [0.5, 0.6) is 0 Å². The number of aromatic carboxylic acids is 1. The van der Waals surface area contributed by atoms with Gasteiger partial charge in [-0.3, -0.25) is 9.78 Å². The van der Waals surface area contributed by atoms with Crippen LogP contribution in [0, 0.1) is 0 Å². The van der Waals surface area contributed by atoms with Crippen LogP contribution in [0.3, 0.4) is 0 Å². The molecule has 0 aliphatic carbocycles. The quantitative estimate of drug-likeness (QED) is 0.651. The highest BCUT2D eigenvalue weighted by Gasteiger charge is 2.13. The van der Waals surface area contributed by atoms with E-state index in [0.29, 0.717) is 23.1 Å². The molecule has 1 heterocycles. The van der Waals surface area contributed by atoms with Crippen molar-refractivity contribution >= 4 is 28.5 Å². The van der Waals surface area contributed by atoms with Crippen LogP contribution < -0.4 is 11.1 Å². The number of benzene rings is 1. The Balaban J connectivity index is 2.17. The number of fused-ring (bicyclic) bond motifs is 1. The van der Waals surface area contributed by atoms with Crippen LogP contribution in [0.4, 0.5) is 5.69 Å². The van der Waals surface area contributed by atoms with Gasteiger partial charge < -0.3 is 20.9 Å². The van der Waals surface area contributed by atoms with Gasteiger partial charge >= 0.3 is 5.97 Å². The second kappa shape index (κ2) is 6.67. The number of nitrogens with zero attached hydrogens (tertiary/aromatic N) is 1. The largest absolute Gasteiger partial charge is 0.478 e. The number of ether oxygens (including phenoxy) is 1. The fourth-order valence-corrected chi connectivity index (χ4v) is 1.91. The Bertz CT molecular complexity index is 672. The second-order valence-corrected chi connectivity index (χ2v) is 4.31. The summed E-state index contributed by atoms with van der Waals surface area (Å²) in [4.78, 5) is 25.9. The Kier molecular flexibility index (Phi) is 4.68. The number of aromatic nitrogens is 1. The lowest BCUT2D eigenvalue weighted by Gasteiger charge is -2.12. The maximum atomic E-state index is 11.3. The first-order valence-corrected chi connectivity index (χ1v) is 6.30. The molecule has 0 saturated carbocycles. The van der Waals surface area contributed by atoms with Crippen LogP contribution in [-0.4, -0.2) is 41.7 Å². The standard InChI is InChI=1S/C14H15N3O4/c15-12(18)8-21-6-5-16-13-9-3-1-2-4-11(9)17-7-10(13)14(19)20/h1-4,7H,5-6,8H2,(H2,15,18)(H,16,17)(H,19,20). The first kappa shape index (κ1) is 14.7. The van der Waals surface area contributed by atoms with Gasteiger partial charge in [-0.25, -0.2) is 4.79 Å². The zero-order valence-corrected chi connectivity index (χ0v) is 11.2. The molecule has 0 spiro atoms. The summed E-state index contributed by atoms with van der Waals surface area (Å²) in [6.07, 6.45) is 1.32. The van der Waals surface area contributed by atoms with Crippen molar-refractivity contribution in [3.63, 3.8) is 0 Å². The molecule has 21 heavy (non-hydrogen) atoms. The summed E-state index contributed by atoms with van der Waals surface area (Å²) in [7, 11) is 0. The van der Waals surface area contributed by atoms with Gasteiger partial charge in [0.15, 0.2) is 0 Å². The van der Waals surface area contributed by atoms with Crippen LogP contribution in [0.15, 0.2) is 30.5 Å². The molecule has 2 aromatic rings. The average Bonchev–Trinajstić information content (AvgIpc) is 2.46. The van der Waals surface area contributed by atoms with E-state index in [4.69, 9.17) is 10.5 Å². The monoisotopic (exact) mass is 289 g/mol. The van der Waals surface area contributed by atoms with E-state index in [0.717, 1.165) is 0 Å². The first-order chi connectivity index (χ1) is 10.1. The van der Waals surface area contributed by atoms with Crippen LogP contribution >= 0.6 is 0 Å². The number of anilines is 1. The number of hydrogen-bond acceptors (Lipinski definition) is 5. The molecule has 0 aliphatic rings. The van der Waals surface area contributed by atoms with Gasteiger partial charge in [-0.2, -0.15) is 0 Å². The minimum Gasteiger partial charge on any atom is -0.478 e. The van der Waals surface area contributed by atoms with Gasteiger partial charge in [0.1, 0.15) is 12.2 Å². The van der Waals surface area contributed by atoms with Gasteiger partial charge in [0.25, 0.3) is 0 Å². The third-order valence-corrected chi connectivity index (χ3v) is 2.80. The van der Waals surface area contributed by atoms with Crippen molar-refractivity contribution in [3.05, 3.63) is 36.0 Å². The maximum absolute atomic E-state index is 11.3. The van der Waals surface area contributed by atoms with Crippen LogP contribution in [-0.2, 0) is 9.53 Å². The third kappa shape index (κ3) is 3.67. The zero-order valence-electron chi connectivity index (χ0n) is 11.2. The van der Waals surface area contributed by atoms with E-state index in [1.165, 1.54) is 6.20 Å². The summed E-state index contributed by atoms with van der Waals surface area (Å²) in [6.45, 7) is 0.421. The highest BCUT2D eigenvalue weighted by Crippen LogP contribution is 2.25. The smallest absolute Gasteiger partial charge is 0.339 e. The van der Waals surface area contributed by atoms with E-state index in [-0.39, 0.29) is 18.8 Å². The molecule has 110 valence electrons. The SMILES string of the molecule is NC(=O)COCCNc1c(C(=O)O)cnc2ccccc12. The highest BCUT2D eigenvalue weighted by molar-refractivity contribution is 6.04. The molecule has 4 N–H and O–H groups in total. The van der Waals surface area contributed by atoms with E-state index in [9.17, 15) is 14.7 Å². The number of nitrogens with two attached hydrogens (primary N) is 1. The maximum Gasteiger partial charge on any atom is 0.339 e. The minimum absolute atomic E-state index is 0.0867. The van der Waals surface area contributed by atoms with Gasteiger partial charge in [0, 0.05) is 18.1 Å². The lowest BCUT2D eigenvalue weighted by atomic mass is 10.1. The molecule has 7 heteroatoms. The lowest BCUT2D eigenvalue weighted by molar-refractivity contribution is -0.122. The number of rotatable bonds is 7. The predicted octanol–water partition coefficient (Wildman–Crippen LogP) is 0.847. The number of pyridine rings is 1. The lowest BCUT2D eigenvalue weighted by Crippen LogP contribution is -2.21. The van der Waals surface area contributed by atoms with E-state index in [2.05, 4.69) is 10.3 Å². The molecule has 0 aliphatic heterocycles. The molecule has 0 fully saturated rings. The van der Waals surface area contributed by atoms with Crippen molar-refractivity contribution in [1.29, 1.82) is 0 Å². The van der Waals surface area contributed by atoms with Crippen molar-refractivity contribution in [2.45, 2.75) is 0 Å². The van der Waals surface area contributed by atoms with Crippen LogP contribution in [0.1, 0.15) is 10.4 Å². The van der Waals surface area contributed by atoms with Crippen molar-refractivity contribution in [3.8, 4) is 0 Å². The summed E-state index contributed by atoms with van der Waals surface area (Å²) in [6, 6.07) is 7.23. The summed E-state index contributed by atoms with van der Waals surface area (Å²) in [5, 5.41) is 13.0. The van der Waals surface area contributed by atoms with Gasteiger partial charge in [-0.15, -0.1) is 0 Å². The van der Waals surface area contributed by atoms with Gasteiger partial charge in [-0.05, 0) is 6.07 Å². The fraction of sp³-hybridized carbons (Fsp3) is 0.214. The fourth-order valence-electron chi connectivity index (χ4n) is 1.91. The number of primary amides is 1. The number of amides is 1. The normalized spacial score (nSPS) is 10.5. The molecule has 0 atom stereocenters. The van der Waals surface area contributed by atoms with Crippen LogP contribution in [0.2, 0.25) is 0 Å². The highest BCUT2D eigenvalue weighted by atomic mass is 16.5. The van der Waals surface area contributed by atoms with Crippen molar-refractivity contribution in [2.24, 2.45) is 5.73 Å². The molecule has 0 bridgehead atoms. The molecular formula is C14H15N3O4. The number of para-hydroxylation sites is 1. The molecule has 7 nitrogen and oxygen atoms in total. The van der Waals surface area contributed by atoms with E-state index >= 15 is 0 Å². The second-order valence-electron chi connectivity index (χ2n) is 4.31. The Morgan fingerprint density at radius 3 is 2.81 bits per heavy atom. The Morgan fingerprint density at radius 2 is 2.10 bits per heavy atom. The number of carbonyl (C=O) groups excluding carboxylic acids is 1. The molecule has 1 amide bonds. The predicted molar refractivity (Wildman–Crippen MR) is 77.2 cm³/mol. The Labute approximate surface area is 120 Å². The Morgan fingerprint density at radius 1 is 1.33 bits per heavy atom. The summed E-state index contributed by atoms with van der Waals surface area (Å²) < 4.78 is 5.03. The molecule has 2 rings (SSSR count). The molecule has 1 aromatic carbocycles. The van der Waals surface area contributed by atoms with Crippen molar-refractivity contribution in [1.82, 2.24) is 4.98 Å². The van der Waals surface area contributed by atoms with E-state index in [1.54, 1.807) is 12.1 Å². The molecular weight excluding hydrogens is 274 g/mol. The number of nitrogens with one attached hydrogen (secondary N) is 1. The number of carbonyl (C=O) groups is 2. The van der Waals surface area contributed by atoms with Gasteiger partial charge in [0.05, 0.1) is 17.8 Å². The number of carboxylic acid groups (broad SMARTS) is 1. The Hall–Kier alpha value is -2.67. The number of hydrogen-bond donors (Lipinski definition) is 3. The van der Waals surface area contributed by atoms with E-state index in [1.807, 2.05) is 12.1 Å². The number of carboxylic acids is 1.